The van der Waals surface area contributed by atoms with Crippen LogP contribution < -0.4 is 4.74 Å². The molecule has 0 saturated carbocycles. The number of rotatable bonds is 6. The van der Waals surface area contributed by atoms with Crippen LogP contribution in [0.3, 0.4) is 0 Å². The Bertz CT molecular complexity index is 767. The Morgan fingerprint density at radius 3 is 2.40 bits per heavy atom. The van der Waals surface area contributed by atoms with Crippen molar-refractivity contribution in [2.24, 2.45) is 4.99 Å². The van der Waals surface area contributed by atoms with Crippen LogP contribution in [0.25, 0.3) is 0 Å². The van der Waals surface area contributed by atoms with Crippen molar-refractivity contribution in [3.8, 4) is 11.5 Å². The lowest BCUT2D eigenvalue weighted by Crippen LogP contribution is -2.33. The highest BCUT2D eigenvalue weighted by atomic mass is 35.5. The molecule has 0 amide bonds. The first-order chi connectivity index (χ1) is 11.7. The topological polar surface area (TPSA) is 41.8 Å². The van der Waals surface area contributed by atoms with Crippen LogP contribution in [0.5, 0.6) is 11.5 Å². The van der Waals surface area contributed by atoms with Crippen molar-refractivity contribution in [2.45, 2.75) is 12.3 Å². The largest absolute Gasteiger partial charge is 0.506 e. The van der Waals surface area contributed by atoms with Gasteiger partial charge in [-0.25, -0.2) is 8.78 Å². The number of aliphatic imine (C=N–C) groups is 1. The quantitative estimate of drug-likeness (QED) is 0.501. The highest BCUT2D eigenvalue weighted by molar-refractivity contribution is 6.36. The van der Waals surface area contributed by atoms with Crippen LogP contribution >= 0.6 is 23.2 Å². The number of hydrogen-bond donors (Lipinski definition) is 1. The maximum atomic E-state index is 12.8. The molecule has 0 aliphatic rings. The fraction of sp³-hybridized carbons (Fsp3) is 0.188. The molecule has 0 spiro atoms. The lowest BCUT2D eigenvalue weighted by Gasteiger charge is -2.15. The van der Waals surface area contributed by atoms with Gasteiger partial charge in [0.25, 0.3) is 0 Å². The summed E-state index contributed by atoms with van der Waals surface area (Å²) in [6.07, 6.45) is -2.48. The van der Waals surface area contributed by atoms with Gasteiger partial charge in [-0.3, -0.25) is 4.99 Å². The van der Waals surface area contributed by atoms with Gasteiger partial charge >= 0.3 is 12.3 Å². The highest BCUT2D eigenvalue weighted by Gasteiger charge is 2.41. The molecular formula is C16H11Cl2F4NO2. The third kappa shape index (κ3) is 5.24. The second kappa shape index (κ2) is 7.93. The fourth-order valence-corrected chi connectivity index (χ4v) is 2.21. The zero-order chi connectivity index (χ0) is 18.6. The van der Waals surface area contributed by atoms with Crippen molar-refractivity contribution in [3.63, 3.8) is 0 Å². The zero-order valence-electron chi connectivity index (χ0n) is 12.4. The van der Waals surface area contributed by atoms with Crippen LogP contribution in [0.2, 0.25) is 10.0 Å². The Kier molecular flexibility index (Phi) is 6.13. The predicted octanol–water partition coefficient (Wildman–Crippen LogP) is 5.73. The number of nitrogens with zero attached hydrogens (tertiary/aromatic N) is 1. The number of hydrogen-bond acceptors (Lipinski definition) is 3. The molecule has 2 aromatic carbocycles. The Labute approximate surface area is 150 Å². The molecule has 0 unspecified atom stereocenters. The summed E-state index contributed by atoms with van der Waals surface area (Å²) in [7, 11) is 0. The molecule has 0 aliphatic carbocycles. The Balaban J connectivity index is 2.06. The van der Waals surface area contributed by atoms with Gasteiger partial charge in [0.1, 0.15) is 11.5 Å². The molecule has 134 valence electrons. The maximum Gasteiger partial charge on any atom is 0.340 e. The lowest BCUT2D eigenvalue weighted by atomic mass is 10.2. The van der Waals surface area contributed by atoms with Gasteiger partial charge in [0.15, 0.2) is 6.61 Å². The first-order valence-electron chi connectivity index (χ1n) is 6.80. The van der Waals surface area contributed by atoms with Crippen LogP contribution in [0, 0.1) is 0 Å². The summed E-state index contributed by atoms with van der Waals surface area (Å²) in [6.45, 7) is -1.43. The van der Waals surface area contributed by atoms with Gasteiger partial charge in [-0.15, -0.1) is 0 Å². The van der Waals surface area contributed by atoms with E-state index in [0.717, 1.165) is 0 Å². The molecule has 2 rings (SSSR count). The van der Waals surface area contributed by atoms with Gasteiger partial charge in [0.05, 0.1) is 10.7 Å². The van der Waals surface area contributed by atoms with Crippen molar-refractivity contribution in [1.29, 1.82) is 0 Å². The number of halogens is 6. The molecular weight excluding hydrogens is 385 g/mol. The number of ether oxygens (including phenoxy) is 1. The monoisotopic (exact) mass is 395 g/mol. The van der Waals surface area contributed by atoms with Gasteiger partial charge in [-0.05, 0) is 36.4 Å². The minimum Gasteiger partial charge on any atom is -0.506 e. The van der Waals surface area contributed by atoms with E-state index in [4.69, 9.17) is 23.2 Å². The van der Waals surface area contributed by atoms with E-state index in [0.29, 0.717) is 10.7 Å². The molecule has 0 bridgehead atoms. The third-order valence-electron chi connectivity index (χ3n) is 3.00. The predicted molar refractivity (Wildman–Crippen MR) is 88.3 cm³/mol. The van der Waals surface area contributed by atoms with Crippen LogP contribution in [-0.4, -0.2) is 30.3 Å². The molecule has 0 aliphatic heterocycles. The normalized spacial score (nSPS) is 12.1. The summed E-state index contributed by atoms with van der Waals surface area (Å²) in [5.74, 6) is -4.42. The summed E-state index contributed by atoms with van der Waals surface area (Å²) < 4.78 is 54.3. The average Bonchev–Trinajstić information content (AvgIpc) is 2.55. The summed E-state index contributed by atoms with van der Waals surface area (Å²) in [4.78, 5) is 4.07. The molecule has 0 heterocycles. The Morgan fingerprint density at radius 1 is 1.16 bits per heavy atom. The highest BCUT2D eigenvalue weighted by Crippen LogP contribution is 2.30. The van der Waals surface area contributed by atoms with E-state index in [1.54, 1.807) is 0 Å². The van der Waals surface area contributed by atoms with E-state index in [1.165, 1.54) is 42.6 Å². The van der Waals surface area contributed by atoms with E-state index < -0.39 is 19.0 Å². The summed E-state index contributed by atoms with van der Waals surface area (Å²) in [5, 5.41) is 10.2. The van der Waals surface area contributed by atoms with Crippen LogP contribution in [-0.2, 0) is 0 Å². The van der Waals surface area contributed by atoms with Crippen molar-refractivity contribution in [2.75, 3.05) is 6.61 Å². The molecule has 0 fully saturated rings. The van der Waals surface area contributed by atoms with Gasteiger partial charge in [0.2, 0.25) is 0 Å². The molecule has 0 saturated heterocycles. The third-order valence-corrected chi connectivity index (χ3v) is 3.50. The Hall–Kier alpha value is -1.99. The van der Waals surface area contributed by atoms with Crippen LogP contribution in [0.4, 0.5) is 23.2 Å². The summed E-state index contributed by atoms with van der Waals surface area (Å²) >= 11 is 11.6. The number of phenols is 1. The number of alkyl halides is 4. The molecule has 0 radical (unpaired) electrons. The van der Waals surface area contributed by atoms with Crippen LogP contribution in [0.1, 0.15) is 5.56 Å². The average molecular weight is 396 g/mol. The minimum absolute atomic E-state index is 0.00655. The molecule has 9 heteroatoms. The molecule has 0 aromatic heterocycles. The maximum absolute atomic E-state index is 12.8. The summed E-state index contributed by atoms with van der Waals surface area (Å²) in [6, 6.07) is 8.29. The fourth-order valence-electron chi connectivity index (χ4n) is 1.70. The van der Waals surface area contributed by atoms with Gasteiger partial charge in [0, 0.05) is 16.8 Å². The molecule has 25 heavy (non-hydrogen) atoms. The van der Waals surface area contributed by atoms with Crippen molar-refractivity contribution >= 4 is 35.1 Å². The van der Waals surface area contributed by atoms with E-state index in [-0.39, 0.29) is 22.1 Å². The zero-order valence-corrected chi connectivity index (χ0v) is 13.9. The minimum atomic E-state index is -4.22. The summed E-state index contributed by atoms with van der Waals surface area (Å²) in [5.41, 5.74) is 0.692. The van der Waals surface area contributed by atoms with Crippen LogP contribution in [0.15, 0.2) is 41.4 Å². The van der Waals surface area contributed by atoms with E-state index in [9.17, 15) is 22.7 Å². The van der Waals surface area contributed by atoms with Crippen molar-refractivity contribution in [1.82, 2.24) is 0 Å². The van der Waals surface area contributed by atoms with Crippen molar-refractivity contribution in [3.05, 3.63) is 52.0 Å². The standard InChI is InChI=1S/C16H11Cl2F4NO2/c17-10-5-9(14(24)13(18)6-10)7-23-11-1-3-12(4-2-11)25-8-16(21,22)15(19)20/h1-7,15,24H,8H2. The Morgan fingerprint density at radius 2 is 1.80 bits per heavy atom. The second-order valence-electron chi connectivity index (χ2n) is 4.93. The van der Waals surface area contributed by atoms with E-state index >= 15 is 0 Å². The first kappa shape index (κ1) is 19.3. The molecule has 1 N–H and O–H groups in total. The molecule has 0 atom stereocenters. The van der Waals surface area contributed by atoms with Crippen molar-refractivity contribution < 1.29 is 27.4 Å². The number of aromatic hydroxyl groups is 1. The lowest BCUT2D eigenvalue weighted by molar-refractivity contribution is -0.148. The number of benzene rings is 2. The smallest absolute Gasteiger partial charge is 0.340 e. The van der Waals surface area contributed by atoms with E-state index in [2.05, 4.69) is 9.73 Å². The van der Waals surface area contributed by atoms with Gasteiger partial charge in [-0.1, -0.05) is 23.2 Å². The molecule has 2 aromatic rings. The first-order valence-corrected chi connectivity index (χ1v) is 7.55. The number of phenolic OH excluding ortho intramolecular Hbond substituents is 1. The second-order valence-corrected chi connectivity index (χ2v) is 5.77. The SMILES string of the molecule is Oc1c(Cl)cc(Cl)cc1C=Nc1ccc(OCC(F)(F)C(F)F)cc1. The van der Waals surface area contributed by atoms with E-state index in [1.807, 2.05) is 0 Å². The molecule has 3 nitrogen and oxygen atoms in total. The van der Waals surface area contributed by atoms with Gasteiger partial charge in [-0.2, -0.15) is 8.78 Å². The van der Waals surface area contributed by atoms with Gasteiger partial charge < -0.3 is 9.84 Å².